The maximum Gasteiger partial charge on any atom is 0.303 e. The Kier molecular flexibility index (Phi) is 9.21. The molecular weight excluding hydrogens is 322 g/mol. The van der Waals surface area contributed by atoms with Crippen LogP contribution >= 0.6 is 11.8 Å². The fraction of sp³-hybridized carbons (Fsp3) is 0.842. The van der Waals surface area contributed by atoms with Crippen molar-refractivity contribution >= 4 is 17.7 Å². The molecule has 5 heteroatoms. The lowest BCUT2D eigenvalue weighted by Crippen LogP contribution is -2.28. The van der Waals surface area contributed by atoms with E-state index in [9.17, 15) is 4.79 Å². The Bertz CT molecular complexity index is 402. The molecule has 0 unspecified atom stereocenters. The van der Waals surface area contributed by atoms with Crippen molar-refractivity contribution in [2.75, 3.05) is 24.6 Å². The fourth-order valence-electron chi connectivity index (χ4n) is 3.87. The Balaban J connectivity index is 1.65. The highest BCUT2D eigenvalue weighted by atomic mass is 32.2. The van der Waals surface area contributed by atoms with Gasteiger partial charge in [-0.1, -0.05) is 19.1 Å². The first-order valence-electron chi connectivity index (χ1n) is 9.53. The second kappa shape index (κ2) is 11.2. The molecule has 0 aromatic rings. The van der Waals surface area contributed by atoms with Gasteiger partial charge in [0.05, 0.1) is 12.2 Å². The van der Waals surface area contributed by atoms with Crippen molar-refractivity contribution in [2.45, 2.75) is 64.1 Å². The molecule has 0 aliphatic carbocycles. The summed E-state index contributed by atoms with van der Waals surface area (Å²) in [5.74, 6) is 3.14. The number of carboxylic acids is 1. The minimum Gasteiger partial charge on any atom is -0.481 e. The summed E-state index contributed by atoms with van der Waals surface area (Å²) >= 11 is 2.09. The van der Waals surface area contributed by atoms with Gasteiger partial charge in [-0.25, -0.2) is 0 Å². The van der Waals surface area contributed by atoms with E-state index in [1.807, 2.05) is 0 Å². The maximum atomic E-state index is 10.5. The van der Waals surface area contributed by atoms with Crippen LogP contribution in [0.3, 0.4) is 0 Å². The van der Waals surface area contributed by atoms with Gasteiger partial charge in [-0.15, -0.1) is 0 Å². The van der Waals surface area contributed by atoms with E-state index >= 15 is 0 Å². The third-order valence-corrected chi connectivity index (χ3v) is 6.33. The van der Waals surface area contributed by atoms with Gasteiger partial charge in [-0.3, -0.25) is 4.79 Å². The summed E-state index contributed by atoms with van der Waals surface area (Å²) in [6, 6.07) is 0. The lowest BCUT2D eigenvalue weighted by atomic mass is 9.78. The van der Waals surface area contributed by atoms with Crippen molar-refractivity contribution in [3.63, 3.8) is 0 Å². The number of allylic oxidation sites excluding steroid dienone is 2. The molecule has 0 aromatic carbocycles. The smallest absolute Gasteiger partial charge is 0.303 e. The van der Waals surface area contributed by atoms with E-state index in [2.05, 4.69) is 36.2 Å². The number of fused-ring (bicyclic) bond motifs is 2. The highest BCUT2D eigenvalue weighted by Gasteiger charge is 2.47. The number of hydrogen-bond donors (Lipinski definition) is 2. The zero-order valence-corrected chi connectivity index (χ0v) is 15.7. The molecule has 0 aromatic heterocycles. The first kappa shape index (κ1) is 19.8. The topological polar surface area (TPSA) is 58.6 Å². The van der Waals surface area contributed by atoms with Gasteiger partial charge in [-0.2, -0.15) is 11.8 Å². The van der Waals surface area contributed by atoms with Crippen LogP contribution in [0.25, 0.3) is 0 Å². The second-order valence-corrected chi connectivity index (χ2v) is 8.04. The molecule has 2 N–H and O–H groups in total. The fourth-order valence-corrected chi connectivity index (χ4v) is 5.11. The highest BCUT2D eigenvalue weighted by molar-refractivity contribution is 7.99. The molecule has 4 nitrogen and oxygen atoms in total. The van der Waals surface area contributed by atoms with Gasteiger partial charge in [0.25, 0.3) is 0 Å². The molecule has 2 bridgehead atoms. The number of hydrogen-bond acceptors (Lipinski definition) is 4. The van der Waals surface area contributed by atoms with Crippen molar-refractivity contribution in [3.8, 4) is 0 Å². The molecule has 2 fully saturated rings. The Hall–Kier alpha value is -0.520. The van der Waals surface area contributed by atoms with E-state index in [0.717, 1.165) is 32.4 Å². The minimum absolute atomic E-state index is 0.272. The molecule has 2 heterocycles. The predicted molar refractivity (Wildman–Crippen MR) is 101 cm³/mol. The van der Waals surface area contributed by atoms with Gasteiger partial charge in [-0.05, 0) is 75.0 Å². The Morgan fingerprint density at radius 1 is 1.25 bits per heavy atom. The zero-order chi connectivity index (χ0) is 17.2. The number of carbonyl (C=O) groups is 1. The summed E-state index contributed by atoms with van der Waals surface area (Å²) in [4.78, 5) is 10.5. The number of ether oxygens (including phenoxy) is 1. The third kappa shape index (κ3) is 6.41. The summed E-state index contributed by atoms with van der Waals surface area (Å²) in [7, 11) is 0. The van der Waals surface area contributed by atoms with Gasteiger partial charge in [0, 0.05) is 6.42 Å². The standard InChI is InChI=1S/C19H33NO3S/c1-2-20-12-7-13-24-14-16-15(17-10-11-18(16)23-17)8-5-3-4-6-9-19(21)22/h3,5,15-18,20H,2,4,6-14H2,1H3,(H,21,22)/b5-3-/t15-,16-,17-,18+/m1/s1. The Morgan fingerprint density at radius 2 is 2.04 bits per heavy atom. The van der Waals surface area contributed by atoms with Crippen LogP contribution in [-0.4, -0.2) is 47.9 Å². The van der Waals surface area contributed by atoms with Gasteiger partial charge in [0.15, 0.2) is 0 Å². The van der Waals surface area contributed by atoms with Gasteiger partial charge < -0.3 is 15.2 Å². The van der Waals surface area contributed by atoms with E-state index < -0.39 is 5.97 Å². The molecule has 2 aliphatic rings. The van der Waals surface area contributed by atoms with Crippen molar-refractivity contribution < 1.29 is 14.6 Å². The van der Waals surface area contributed by atoms with E-state index in [1.165, 1.54) is 30.8 Å². The highest BCUT2D eigenvalue weighted by Crippen LogP contribution is 2.46. The van der Waals surface area contributed by atoms with Crippen LogP contribution in [0.4, 0.5) is 0 Å². The van der Waals surface area contributed by atoms with Gasteiger partial charge >= 0.3 is 5.97 Å². The zero-order valence-electron chi connectivity index (χ0n) is 14.9. The number of thioether (sulfide) groups is 1. The Morgan fingerprint density at radius 3 is 2.79 bits per heavy atom. The molecule has 138 valence electrons. The molecule has 2 aliphatic heterocycles. The quantitative estimate of drug-likeness (QED) is 0.389. The summed E-state index contributed by atoms with van der Waals surface area (Å²) < 4.78 is 6.17. The van der Waals surface area contributed by atoms with Crippen molar-refractivity contribution in [2.24, 2.45) is 11.8 Å². The van der Waals surface area contributed by atoms with Crippen LogP contribution in [-0.2, 0) is 9.53 Å². The SMILES string of the molecule is CCNCCCSC[C@@H]1[C@@H](C/C=C\CCCC(=O)O)[C@H]2CC[C@@H]1O2. The van der Waals surface area contributed by atoms with E-state index in [4.69, 9.17) is 9.84 Å². The first-order chi connectivity index (χ1) is 11.7. The molecule has 0 spiro atoms. The first-order valence-corrected chi connectivity index (χ1v) is 10.7. The molecule has 2 saturated heterocycles. The summed E-state index contributed by atoms with van der Waals surface area (Å²) in [5.41, 5.74) is 0. The average Bonchev–Trinajstić information content (AvgIpc) is 3.15. The molecule has 2 rings (SSSR count). The third-order valence-electron chi connectivity index (χ3n) is 5.13. The number of carboxylic acid groups (broad SMARTS) is 1. The number of nitrogens with one attached hydrogen (secondary N) is 1. The second-order valence-electron chi connectivity index (χ2n) is 6.89. The van der Waals surface area contributed by atoms with Crippen LogP contribution in [0.2, 0.25) is 0 Å². The van der Waals surface area contributed by atoms with Crippen molar-refractivity contribution in [3.05, 3.63) is 12.2 Å². The monoisotopic (exact) mass is 355 g/mol. The van der Waals surface area contributed by atoms with Gasteiger partial charge in [0.1, 0.15) is 0 Å². The number of rotatable bonds is 13. The minimum atomic E-state index is -0.698. The molecule has 0 saturated carbocycles. The number of unbranched alkanes of at least 4 members (excludes halogenated alkanes) is 1. The largest absolute Gasteiger partial charge is 0.481 e. The predicted octanol–water partition coefficient (Wildman–Crippen LogP) is 3.71. The average molecular weight is 356 g/mol. The van der Waals surface area contributed by atoms with Crippen LogP contribution in [0.5, 0.6) is 0 Å². The number of aliphatic carboxylic acids is 1. The lowest BCUT2D eigenvalue weighted by Gasteiger charge is -2.27. The van der Waals surface area contributed by atoms with Crippen molar-refractivity contribution in [1.82, 2.24) is 5.32 Å². The van der Waals surface area contributed by atoms with E-state index in [-0.39, 0.29) is 6.42 Å². The van der Waals surface area contributed by atoms with Gasteiger partial charge in [0.2, 0.25) is 0 Å². The lowest BCUT2D eigenvalue weighted by molar-refractivity contribution is -0.137. The summed E-state index contributed by atoms with van der Waals surface area (Å²) in [5, 5.41) is 12.0. The van der Waals surface area contributed by atoms with Crippen LogP contribution in [0, 0.1) is 11.8 Å². The van der Waals surface area contributed by atoms with Crippen LogP contribution in [0.1, 0.15) is 51.9 Å². The molecule has 24 heavy (non-hydrogen) atoms. The summed E-state index contributed by atoms with van der Waals surface area (Å²) in [6.45, 7) is 4.34. The van der Waals surface area contributed by atoms with Crippen LogP contribution in [0.15, 0.2) is 12.2 Å². The molecule has 4 atom stereocenters. The van der Waals surface area contributed by atoms with E-state index in [0.29, 0.717) is 24.0 Å². The molecule has 0 radical (unpaired) electrons. The molecule has 0 amide bonds. The van der Waals surface area contributed by atoms with Crippen molar-refractivity contribution in [1.29, 1.82) is 0 Å². The normalized spacial score (nSPS) is 28.9. The maximum absolute atomic E-state index is 10.5. The van der Waals surface area contributed by atoms with E-state index in [1.54, 1.807) is 0 Å². The molecular formula is C19H33NO3S. The Labute approximate surface area is 150 Å². The summed E-state index contributed by atoms with van der Waals surface area (Å²) in [6.07, 6.45) is 12.1. The van der Waals surface area contributed by atoms with Crippen LogP contribution < -0.4 is 5.32 Å².